The van der Waals surface area contributed by atoms with Crippen molar-refractivity contribution in [3.63, 3.8) is 0 Å². The maximum atomic E-state index is 6.23. The molecule has 19 heavy (non-hydrogen) atoms. The number of halogens is 1. The van der Waals surface area contributed by atoms with Crippen LogP contribution >= 0.6 is 11.6 Å². The quantitative estimate of drug-likeness (QED) is 0.653. The molecule has 0 radical (unpaired) electrons. The summed E-state index contributed by atoms with van der Waals surface area (Å²) in [6.07, 6.45) is 0. The number of benzene rings is 2. The molecular formula is C16H19ClN2. The smallest absolute Gasteiger partial charge is 0.0724 e. The van der Waals surface area contributed by atoms with Crippen molar-refractivity contribution in [1.29, 1.82) is 0 Å². The molecule has 100 valence electrons. The van der Waals surface area contributed by atoms with Crippen LogP contribution in [0.2, 0.25) is 5.02 Å². The number of hydrazine groups is 1. The Morgan fingerprint density at radius 1 is 0.947 bits per heavy atom. The Balaban J connectivity index is 2.35. The fraction of sp³-hybridized carbons (Fsp3) is 0.250. The van der Waals surface area contributed by atoms with Gasteiger partial charge in [0.1, 0.15) is 0 Å². The van der Waals surface area contributed by atoms with E-state index in [1.54, 1.807) is 0 Å². The number of hydrogen-bond acceptors (Lipinski definition) is 2. The number of nitrogens with one attached hydrogen (secondary N) is 1. The summed E-state index contributed by atoms with van der Waals surface area (Å²) in [5, 5.41) is 0.721. The van der Waals surface area contributed by atoms with Gasteiger partial charge in [0.2, 0.25) is 0 Å². The van der Waals surface area contributed by atoms with Crippen molar-refractivity contribution in [3.05, 3.63) is 70.2 Å². The van der Waals surface area contributed by atoms with Crippen LogP contribution < -0.4 is 11.3 Å². The Hall–Kier alpha value is -1.35. The van der Waals surface area contributed by atoms with Crippen LogP contribution in [0.15, 0.2) is 48.5 Å². The molecule has 0 bridgehead atoms. The van der Waals surface area contributed by atoms with E-state index in [-0.39, 0.29) is 6.04 Å². The van der Waals surface area contributed by atoms with Crippen LogP contribution in [0.1, 0.15) is 42.5 Å². The largest absolute Gasteiger partial charge is 0.271 e. The predicted octanol–water partition coefficient (Wildman–Crippen LogP) is 4.02. The summed E-state index contributed by atoms with van der Waals surface area (Å²) < 4.78 is 0. The highest BCUT2D eigenvalue weighted by Crippen LogP contribution is 2.28. The molecule has 0 heterocycles. The maximum absolute atomic E-state index is 6.23. The zero-order chi connectivity index (χ0) is 13.8. The average molecular weight is 275 g/mol. The van der Waals surface area contributed by atoms with Crippen LogP contribution in [0.3, 0.4) is 0 Å². The molecule has 1 atom stereocenters. The Morgan fingerprint density at radius 3 is 2.05 bits per heavy atom. The summed E-state index contributed by atoms with van der Waals surface area (Å²) in [5.41, 5.74) is 6.26. The first kappa shape index (κ1) is 14.1. The van der Waals surface area contributed by atoms with Gasteiger partial charge in [-0.05, 0) is 28.7 Å². The lowest BCUT2D eigenvalue weighted by atomic mass is 9.95. The summed E-state index contributed by atoms with van der Waals surface area (Å²) >= 11 is 6.23. The molecule has 0 saturated carbocycles. The van der Waals surface area contributed by atoms with E-state index in [1.807, 2.05) is 24.3 Å². The van der Waals surface area contributed by atoms with E-state index in [9.17, 15) is 0 Å². The van der Waals surface area contributed by atoms with Gasteiger partial charge in [-0.1, -0.05) is 67.9 Å². The van der Waals surface area contributed by atoms with Gasteiger partial charge in [-0.2, -0.15) is 0 Å². The minimum absolute atomic E-state index is 0.0880. The normalized spacial score (nSPS) is 12.7. The number of nitrogens with two attached hydrogens (primary N) is 1. The first-order valence-corrected chi connectivity index (χ1v) is 6.81. The molecule has 0 saturated heterocycles. The minimum Gasteiger partial charge on any atom is -0.271 e. The Kier molecular flexibility index (Phi) is 4.59. The van der Waals surface area contributed by atoms with Crippen molar-refractivity contribution in [2.75, 3.05) is 0 Å². The molecule has 0 amide bonds. The third-order valence-corrected chi connectivity index (χ3v) is 3.66. The first-order chi connectivity index (χ1) is 9.13. The van der Waals surface area contributed by atoms with Crippen molar-refractivity contribution in [1.82, 2.24) is 5.43 Å². The van der Waals surface area contributed by atoms with Crippen molar-refractivity contribution < 1.29 is 0 Å². The van der Waals surface area contributed by atoms with E-state index in [4.69, 9.17) is 17.4 Å². The number of hydrogen-bond donors (Lipinski definition) is 2. The molecule has 0 aliphatic heterocycles. The van der Waals surface area contributed by atoms with Crippen molar-refractivity contribution in [3.8, 4) is 0 Å². The molecule has 0 aliphatic rings. The second-order valence-corrected chi connectivity index (χ2v) is 5.35. The minimum atomic E-state index is -0.0880. The number of rotatable bonds is 4. The second-order valence-electron chi connectivity index (χ2n) is 4.94. The van der Waals surface area contributed by atoms with Crippen molar-refractivity contribution in [2.45, 2.75) is 25.8 Å². The third kappa shape index (κ3) is 3.16. The van der Waals surface area contributed by atoms with E-state index < -0.39 is 0 Å². The molecule has 2 aromatic rings. The van der Waals surface area contributed by atoms with Gasteiger partial charge in [-0.25, -0.2) is 5.43 Å². The third-order valence-electron chi connectivity index (χ3n) is 3.32. The summed E-state index contributed by atoms with van der Waals surface area (Å²) in [7, 11) is 0. The maximum Gasteiger partial charge on any atom is 0.0724 e. The highest BCUT2D eigenvalue weighted by molar-refractivity contribution is 6.31. The summed E-state index contributed by atoms with van der Waals surface area (Å²) in [4.78, 5) is 0. The lowest BCUT2D eigenvalue weighted by Gasteiger charge is -2.19. The van der Waals surface area contributed by atoms with Crippen LogP contribution in [0, 0.1) is 0 Å². The Morgan fingerprint density at radius 2 is 1.53 bits per heavy atom. The molecule has 1 unspecified atom stereocenters. The van der Waals surface area contributed by atoms with Crippen LogP contribution in [-0.4, -0.2) is 0 Å². The SMILES string of the molecule is CC(C)c1ccc(C(NN)c2ccccc2Cl)cc1. The van der Waals surface area contributed by atoms with Gasteiger partial charge >= 0.3 is 0 Å². The molecular weight excluding hydrogens is 256 g/mol. The fourth-order valence-electron chi connectivity index (χ4n) is 2.15. The van der Waals surface area contributed by atoms with Gasteiger partial charge < -0.3 is 0 Å². The molecule has 2 nitrogen and oxygen atoms in total. The lowest BCUT2D eigenvalue weighted by Crippen LogP contribution is -2.29. The monoisotopic (exact) mass is 274 g/mol. The van der Waals surface area contributed by atoms with E-state index in [2.05, 4.69) is 43.5 Å². The lowest BCUT2D eigenvalue weighted by molar-refractivity contribution is 0.636. The molecule has 0 fully saturated rings. The Bertz CT molecular complexity index is 535. The molecule has 3 heteroatoms. The van der Waals surface area contributed by atoms with E-state index in [0.29, 0.717) is 5.92 Å². The van der Waals surface area contributed by atoms with Crippen LogP contribution in [0.5, 0.6) is 0 Å². The average Bonchev–Trinajstić information content (AvgIpc) is 2.42. The molecule has 2 rings (SSSR count). The fourth-order valence-corrected chi connectivity index (χ4v) is 2.39. The summed E-state index contributed by atoms with van der Waals surface area (Å²) in [5.74, 6) is 6.22. The van der Waals surface area contributed by atoms with Crippen LogP contribution in [-0.2, 0) is 0 Å². The van der Waals surface area contributed by atoms with Gasteiger partial charge in [0, 0.05) is 5.02 Å². The van der Waals surface area contributed by atoms with Gasteiger partial charge in [-0.3, -0.25) is 5.84 Å². The van der Waals surface area contributed by atoms with Crippen LogP contribution in [0.25, 0.3) is 0 Å². The summed E-state index contributed by atoms with van der Waals surface area (Å²) in [6.45, 7) is 4.36. The molecule has 0 aliphatic carbocycles. The van der Waals surface area contributed by atoms with Crippen molar-refractivity contribution >= 4 is 11.6 Å². The van der Waals surface area contributed by atoms with Gasteiger partial charge in [0.15, 0.2) is 0 Å². The van der Waals surface area contributed by atoms with E-state index >= 15 is 0 Å². The Labute approximate surface area is 119 Å². The second kappa shape index (κ2) is 6.20. The molecule has 0 spiro atoms. The first-order valence-electron chi connectivity index (χ1n) is 6.44. The highest BCUT2D eigenvalue weighted by atomic mass is 35.5. The topological polar surface area (TPSA) is 38.0 Å². The zero-order valence-corrected chi connectivity index (χ0v) is 12.0. The molecule has 0 aromatic heterocycles. The van der Waals surface area contributed by atoms with E-state index in [0.717, 1.165) is 16.1 Å². The van der Waals surface area contributed by atoms with Crippen LogP contribution in [0.4, 0.5) is 0 Å². The van der Waals surface area contributed by atoms with Crippen molar-refractivity contribution in [2.24, 2.45) is 5.84 Å². The van der Waals surface area contributed by atoms with Gasteiger partial charge in [-0.15, -0.1) is 0 Å². The zero-order valence-electron chi connectivity index (χ0n) is 11.2. The molecule has 3 N–H and O–H groups in total. The predicted molar refractivity (Wildman–Crippen MR) is 81.1 cm³/mol. The standard InChI is InChI=1S/C16H19ClN2/c1-11(2)12-7-9-13(10-8-12)16(19-18)14-5-3-4-6-15(14)17/h3-11,16,19H,18H2,1-2H3. The van der Waals surface area contributed by atoms with Gasteiger partial charge in [0.25, 0.3) is 0 Å². The summed E-state index contributed by atoms with van der Waals surface area (Å²) in [6, 6.07) is 16.1. The van der Waals surface area contributed by atoms with Gasteiger partial charge in [0.05, 0.1) is 6.04 Å². The molecule has 2 aromatic carbocycles. The highest BCUT2D eigenvalue weighted by Gasteiger charge is 2.15. The van der Waals surface area contributed by atoms with E-state index in [1.165, 1.54) is 5.56 Å².